The van der Waals surface area contributed by atoms with Crippen molar-refractivity contribution in [3.63, 3.8) is 0 Å². The van der Waals surface area contributed by atoms with Gasteiger partial charge in [0.2, 0.25) is 0 Å². The molecule has 0 unspecified atom stereocenters. The van der Waals surface area contributed by atoms with E-state index in [-0.39, 0.29) is 24.7 Å². The highest BCUT2D eigenvalue weighted by molar-refractivity contribution is 7.90. The zero-order chi connectivity index (χ0) is 17.3. The normalized spacial score (nSPS) is 18.5. The number of amides is 1. The second kappa shape index (κ2) is 6.58. The summed E-state index contributed by atoms with van der Waals surface area (Å²) in [6.45, 7) is 0.528. The lowest BCUT2D eigenvalue weighted by Gasteiger charge is -2.26. The highest BCUT2D eigenvalue weighted by atomic mass is 35.5. The summed E-state index contributed by atoms with van der Waals surface area (Å²) in [5.41, 5.74) is 1.17. The van der Waals surface area contributed by atoms with Crippen LogP contribution in [0.3, 0.4) is 0 Å². The van der Waals surface area contributed by atoms with Gasteiger partial charge < -0.3 is 10.2 Å². The maximum Gasteiger partial charge on any atom is 0.256 e. The third kappa shape index (κ3) is 3.80. The number of halogens is 2. The van der Waals surface area contributed by atoms with Crippen molar-refractivity contribution in [2.45, 2.75) is 6.54 Å². The molecule has 9 heteroatoms. The number of nitrogens with one attached hydrogen (secondary N) is 1. The van der Waals surface area contributed by atoms with Gasteiger partial charge in [-0.3, -0.25) is 4.79 Å². The molecule has 2 heterocycles. The minimum Gasteiger partial charge on any atom is -0.348 e. The van der Waals surface area contributed by atoms with Crippen LogP contribution in [-0.2, 0) is 21.4 Å². The summed E-state index contributed by atoms with van der Waals surface area (Å²) >= 11 is 11.9. The minimum absolute atomic E-state index is 0.0733. The largest absolute Gasteiger partial charge is 0.348 e. The number of carbonyl (C=O) groups excluding carboxylic acids is 1. The van der Waals surface area contributed by atoms with E-state index in [4.69, 9.17) is 23.2 Å². The standard InChI is InChI=1S/C15H13Cl2N3O3S/c16-12-3-1-10(13(17)7-12)8-18-15(21)11-2-4-14-19-24(22,23)6-5-20(14)9-11/h1-4,7,9H,5-6,8H2,(H,18,21). The quantitative estimate of drug-likeness (QED) is 0.863. The van der Waals surface area contributed by atoms with Gasteiger partial charge in [-0.15, -0.1) is 4.40 Å². The number of fused-ring (bicyclic) bond motifs is 1. The molecule has 6 nitrogen and oxygen atoms in total. The van der Waals surface area contributed by atoms with Crippen molar-refractivity contribution in [3.05, 3.63) is 57.7 Å². The number of rotatable bonds is 3. The van der Waals surface area contributed by atoms with Crippen molar-refractivity contribution in [2.75, 3.05) is 12.3 Å². The van der Waals surface area contributed by atoms with Gasteiger partial charge in [-0.2, -0.15) is 0 Å². The second-order valence-corrected chi connectivity index (χ2v) is 7.86. The summed E-state index contributed by atoms with van der Waals surface area (Å²) in [6.07, 6.45) is 4.64. The SMILES string of the molecule is O=C(NCc1ccc(Cl)cc1Cl)C1=CN2CCS(=O)(=O)N=C2C=C1. The predicted octanol–water partition coefficient (Wildman–Crippen LogP) is 2.11. The molecule has 0 bridgehead atoms. The van der Waals surface area contributed by atoms with Gasteiger partial charge in [-0.1, -0.05) is 29.3 Å². The van der Waals surface area contributed by atoms with Crippen LogP contribution in [0.4, 0.5) is 0 Å². The van der Waals surface area contributed by atoms with E-state index in [0.717, 1.165) is 5.56 Å². The van der Waals surface area contributed by atoms with Gasteiger partial charge in [0, 0.05) is 29.3 Å². The molecule has 0 fully saturated rings. The second-order valence-electron chi connectivity index (χ2n) is 5.27. The van der Waals surface area contributed by atoms with E-state index < -0.39 is 10.0 Å². The Hall–Kier alpha value is -1.83. The maximum absolute atomic E-state index is 12.3. The Kier molecular flexibility index (Phi) is 4.67. The molecule has 1 N–H and O–H groups in total. The Labute approximate surface area is 149 Å². The summed E-state index contributed by atoms with van der Waals surface area (Å²) < 4.78 is 26.6. The molecular weight excluding hydrogens is 373 g/mol. The molecule has 126 valence electrons. The van der Waals surface area contributed by atoms with Crippen LogP contribution in [0.5, 0.6) is 0 Å². The summed E-state index contributed by atoms with van der Waals surface area (Å²) in [6, 6.07) is 5.06. The van der Waals surface area contributed by atoms with Crippen LogP contribution in [0.2, 0.25) is 10.0 Å². The van der Waals surface area contributed by atoms with E-state index in [1.807, 2.05) is 0 Å². The third-order valence-corrected chi connectivity index (χ3v) is 5.29. The molecule has 0 saturated carbocycles. The highest BCUT2D eigenvalue weighted by Crippen LogP contribution is 2.21. The van der Waals surface area contributed by atoms with Crippen molar-refractivity contribution in [2.24, 2.45) is 4.40 Å². The van der Waals surface area contributed by atoms with E-state index in [9.17, 15) is 13.2 Å². The molecule has 0 aromatic heterocycles. The molecule has 2 aliphatic rings. The summed E-state index contributed by atoms with van der Waals surface area (Å²) in [5, 5.41) is 3.78. The number of hydrogen-bond acceptors (Lipinski definition) is 4. The molecule has 0 atom stereocenters. The van der Waals surface area contributed by atoms with E-state index in [1.165, 1.54) is 12.2 Å². The molecule has 0 radical (unpaired) electrons. The lowest BCUT2D eigenvalue weighted by Crippen LogP contribution is -2.38. The first-order valence-electron chi connectivity index (χ1n) is 7.05. The number of amidine groups is 1. The Morgan fingerprint density at radius 1 is 1.29 bits per heavy atom. The average Bonchev–Trinajstić information content (AvgIpc) is 2.52. The summed E-state index contributed by atoms with van der Waals surface area (Å²) in [4.78, 5) is 13.9. The van der Waals surface area contributed by atoms with Crippen molar-refractivity contribution in [1.29, 1.82) is 0 Å². The third-order valence-electron chi connectivity index (χ3n) is 3.54. The fraction of sp³-hybridized carbons (Fsp3) is 0.200. The van der Waals surface area contributed by atoms with Crippen LogP contribution in [-0.4, -0.2) is 37.4 Å². The molecule has 1 aromatic rings. The average molecular weight is 386 g/mol. The summed E-state index contributed by atoms with van der Waals surface area (Å²) in [7, 11) is -3.41. The first-order chi connectivity index (χ1) is 11.3. The molecule has 1 aromatic carbocycles. The monoisotopic (exact) mass is 385 g/mol. The van der Waals surface area contributed by atoms with Crippen LogP contribution in [0.1, 0.15) is 5.56 Å². The van der Waals surface area contributed by atoms with Crippen LogP contribution >= 0.6 is 23.2 Å². The highest BCUT2D eigenvalue weighted by Gasteiger charge is 2.24. The Bertz CT molecular complexity index is 891. The van der Waals surface area contributed by atoms with Gasteiger partial charge in [-0.25, -0.2) is 8.42 Å². The Morgan fingerprint density at radius 3 is 2.83 bits per heavy atom. The number of hydrogen-bond donors (Lipinski definition) is 1. The zero-order valence-electron chi connectivity index (χ0n) is 12.4. The van der Waals surface area contributed by atoms with Crippen LogP contribution in [0, 0.1) is 0 Å². The van der Waals surface area contributed by atoms with Gasteiger partial charge >= 0.3 is 0 Å². The lowest BCUT2D eigenvalue weighted by atomic mass is 10.1. The molecule has 0 saturated heterocycles. The first kappa shape index (κ1) is 17.0. The number of sulfonamides is 1. The van der Waals surface area contributed by atoms with Crippen molar-refractivity contribution in [1.82, 2.24) is 10.2 Å². The van der Waals surface area contributed by atoms with Gasteiger partial charge in [0.1, 0.15) is 5.84 Å². The van der Waals surface area contributed by atoms with Crippen LogP contribution < -0.4 is 5.32 Å². The number of carbonyl (C=O) groups is 1. The minimum atomic E-state index is -3.41. The van der Waals surface area contributed by atoms with E-state index in [1.54, 1.807) is 29.3 Å². The number of benzene rings is 1. The van der Waals surface area contributed by atoms with Gasteiger partial charge in [0.25, 0.3) is 15.9 Å². The Balaban J connectivity index is 1.69. The van der Waals surface area contributed by atoms with Gasteiger partial charge in [0.15, 0.2) is 0 Å². The van der Waals surface area contributed by atoms with E-state index in [0.29, 0.717) is 21.5 Å². The predicted molar refractivity (Wildman–Crippen MR) is 93.5 cm³/mol. The van der Waals surface area contributed by atoms with Crippen molar-refractivity contribution < 1.29 is 13.2 Å². The molecule has 2 aliphatic heterocycles. The molecule has 3 rings (SSSR count). The van der Waals surface area contributed by atoms with E-state index >= 15 is 0 Å². The Morgan fingerprint density at radius 2 is 2.08 bits per heavy atom. The zero-order valence-corrected chi connectivity index (χ0v) is 14.7. The smallest absolute Gasteiger partial charge is 0.256 e. The summed E-state index contributed by atoms with van der Waals surface area (Å²) in [5.74, 6) is -0.0425. The maximum atomic E-state index is 12.3. The van der Waals surface area contributed by atoms with Crippen LogP contribution in [0.15, 0.2) is 46.5 Å². The number of nitrogens with zero attached hydrogens (tertiary/aromatic N) is 2. The fourth-order valence-electron chi connectivity index (χ4n) is 2.28. The molecule has 0 aliphatic carbocycles. The van der Waals surface area contributed by atoms with E-state index in [2.05, 4.69) is 9.71 Å². The molecule has 24 heavy (non-hydrogen) atoms. The van der Waals surface area contributed by atoms with Gasteiger partial charge in [0.05, 0.1) is 11.3 Å². The van der Waals surface area contributed by atoms with Crippen LogP contribution in [0.25, 0.3) is 0 Å². The fourth-order valence-corrected chi connectivity index (χ4v) is 3.72. The first-order valence-corrected chi connectivity index (χ1v) is 9.42. The lowest BCUT2D eigenvalue weighted by molar-refractivity contribution is -0.117. The van der Waals surface area contributed by atoms with Crippen molar-refractivity contribution in [3.8, 4) is 0 Å². The van der Waals surface area contributed by atoms with Crippen molar-refractivity contribution >= 4 is 45.0 Å². The molecule has 0 spiro atoms. The topological polar surface area (TPSA) is 78.8 Å². The molecule has 1 amide bonds. The molecular formula is C15H13Cl2N3O3S. The van der Waals surface area contributed by atoms with Gasteiger partial charge in [-0.05, 0) is 29.8 Å².